The van der Waals surface area contributed by atoms with Gasteiger partial charge in [0.15, 0.2) is 11.6 Å². The summed E-state index contributed by atoms with van der Waals surface area (Å²) in [5.41, 5.74) is 10.1. The van der Waals surface area contributed by atoms with Crippen molar-refractivity contribution in [1.29, 1.82) is 0 Å². The lowest BCUT2D eigenvalue weighted by Gasteiger charge is -2.38. The molecule has 38 heavy (non-hydrogen) atoms. The van der Waals surface area contributed by atoms with Crippen molar-refractivity contribution in [2.24, 2.45) is 0 Å². The van der Waals surface area contributed by atoms with Crippen molar-refractivity contribution in [3.05, 3.63) is 44.2 Å². The predicted octanol–water partition coefficient (Wildman–Crippen LogP) is 3.16. The number of ether oxygens (including phenoxy) is 1. The van der Waals surface area contributed by atoms with Gasteiger partial charge in [-0.1, -0.05) is 23.2 Å². The molecule has 1 fully saturated rings. The second-order valence-corrected chi connectivity index (χ2v) is 10.5. The molecule has 4 rings (SSSR count). The zero-order valence-electron chi connectivity index (χ0n) is 21.3. The summed E-state index contributed by atoms with van der Waals surface area (Å²) in [6, 6.07) is 1.72. The SMILES string of the molecule is CC(Nc1nc(N)nc(N)c1Cl)c1nc2c(F)ccc(Cl)c2c(=O)n1N1CCN(C(=O)OC(C)(C)C)CC1. The fourth-order valence-corrected chi connectivity index (χ4v) is 4.40. The van der Waals surface area contributed by atoms with Gasteiger partial charge in [-0.2, -0.15) is 9.97 Å². The Balaban J connectivity index is 1.75. The molecule has 5 N–H and O–H groups in total. The fourth-order valence-electron chi connectivity index (χ4n) is 4.03. The first-order chi connectivity index (χ1) is 17.8. The molecule has 0 saturated carbocycles. The van der Waals surface area contributed by atoms with E-state index in [9.17, 15) is 14.0 Å². The van der Waals surface area contributed by atoms with E-state index in [-0.39, 0.29) is 70.5 Å². The average molecular weight is 568 g/mol. The van der Waals surface area contributed by atoms with Gasteiger partial charge in [-0.15, -0.1) is 0 Å². The molecule has 1 unspecified atom stereocenters. The lowest BCUT2D eigenvalue weighted by Crippen LogP contribution is -2.57. The maximum Gasteiger partial charge on any atom is 0.410 e. The largest absolute Gasteiger partial charge is 0.444 e. The second kappa shape index (κ2) is 10.3. The molecule has 1 aliphatic heterocycles. The van der Waals surface area contributed by atoms with Crippen molar-refractivity contribution >= 4 is 57.8 Å². The molecule has 204 valence electrons. The number of hydrogen-bond acceptors (Lipinski definition) is 10. The van der Waals surface area contributed by atoms with E-state index in [4.69, 9.17) is 39.4 Å². The summed E-state index contributed by atoms with van der Waals surface area (Å²) in [6.07, 6.45) is -0.449. The molecule has 3 heterocycles. The van der Waals surface area contributed by atoms with Crippen molar-refractivity contribution in [3.63, 3.8) is 0 Å². The van der Waals surface area contributed by atoms with Crippen LogP contribution in [0.2, 0.25) is 10.0 Å². The van der Waals surface area contributed by atoms with Gasteiger partial charge in [0, 0.05) is 13.1 Å². The maximum absolute atomic E-state index is 14.8. The number of anilines is 3. The van der Waals surface area contributed by atoms with Gasteiger partial charge < -0.3 is 31.4 Å². The number of nitrogens with zero attached hydrogens (tertiary/aromatic N) is 6. The van der Waals surface area contributed by atoms with E-state index >= 15 is 0 Å². The van der Waals surface area contributed by atoms with Gasteiger partial charge in [-0.25, -0.2) is 18.8 Å². The molecule has 1 aromatic carbocycles. The van der Waals surface area contributed by atoms with Gasteiger partial charge >= 0.3 is 6.09 Å². The summed E-state index contributed by atoms with van der Waals surface area (Å²) < 4.78 is 21.6. The summed E-state index contributed by atoms with van der Waals surface area (Å²) in [5, 5.41) is 4.78. The van der Waals surface area contributed by atoms with Gasteiger partial charge in [-0.05, 0) is 39.8 Å². The Morgan fingerprint density at radius 1 is 1.13 bits per heavy atom. The summed E-state index contributed by atoms with van der Waals surface area (Å²) in [6.45, 7) is 8.15. The number of fused-ring (bicyclic) bond motifs is 1. The maximum atomic E-state index is 14.8. The number of rotatable bonds is 4. The minimum absolute atomic E-state index is 0.0286. The third-order valence-corrected chi connectivity index (χ3v) is 6.44. The zero-order chi connectivity index (χ0) is 27.9. The number of halogens is 3. The van der Waals surface area contributed by atoms with Crippen LogP contribution in [-0.2, 0) is 4.74 Å². The normalized spacial score (nSPS) is 15.0. The molecule has 15 heteroatoms. The highest BCUT2D eigenvalue weighted by Gasteiger charge is 2.30. The van der Waals surface area contributed by atoms with Crippen LogP contribution in [-0.4, -0.2) is 62.4 Å². The number of carbonyl (C=O) groups is 1. The number of hydrogen-bond donors (Lipinski definition) is 3. The Labute approximate surface area is 227 Å². The molecule has 1 atom stereocenters. The first kappa shape index (κ1) is 27.5. The van der Waals surface area contributed by atoms with Crippen LogP contribution in [0.3, 0.4) is 0 Å². The number of nitrogens with one attached hydrogen (secondary N) is 1. The van der Waals surface area contributed by atoms with E-state index in [2.05, 4.69) is 20.3 Å². The third-order valence-electron chi connectivity index (χ3n) is 5.75. The highest BCUT2D eigenvalue weighted by Crippen LogP contribution is 2.30. The molecule has 2 aromatic heterocycles. The molecule has 0 aliphatic carbocycles. The van der Waals surface area contributed by atoms with E-state index in [1.807, 2.05) is 0 Å². The molecular weight excluding hydrogens is 540 g/mol. The van der Waals surface area contributed by atoms with Crippen LogP contribution in [0.25, 0.3) is 10.9 Å². The number of benzene rings is 1. The Hall–Kier alpha value is -3.58. The molecule has 12 nitrogen and oxygen atoms in total. The molecular formula is C23H28Cl2FN9O3. The lowest BCUT2D eigenvalue weighted by molar-refractivity contribution is 0.0231. The van der Waals surface area contributed by atoms with Crippen LogP contribution in [0.4, 0.5) is 26.8 Å². The lowest BCUT2D eigenvalue weighted by atomic mass is 10.2. The summed E-state index contributed by atoms with van der Waals surface area (Å²) in [5.74, 6) is -0.576. The van der Waals surface area contributed by atoms with Crippen molar-refractivity contribution in [1.82, 2.24) is 24.5 Å². The molecule has 1 amide bonds. The van der Waals surface area contributed by atoms with E-state index in [0.717, 1.165) is 6.07 Å². The van der Waals surface area contributed by atoms with E-state index in [1.165, 1.54) is 10.7 Å². The van der Waals surface area contributed by atoms with Gasteiger partial charge in [0.25, 0.3) is 5.56 Å². The zero-order valence-corrected chi connectivity index (χ0v) is 22.8. The van der Waals surface area contributed by atoms with Crippen molar-refractivity contribution < 1.29 is 13.9 Å². The highest BCUT2D eigenvalue weighted by molar-refractivity contribution is 6.35. The van der Waals surface area contributed by atoms with E-state index in [1.54, 1.807) is 37.6 Å². The number of piperazine rings is 1. The fraction of sp³-hybridized carbons (Fsp3) is 0.435. The Morgan fingerprint density at radius 2 is 1.79 bits per heavy atom. The van der Waals surface area contributed by atoms with Gasteiger partial charge in [0.1, 0.15) is 27.8 Å². The minimum atomic E-state index is -0.736. The Kier molecular flexibility index (Phi) is 7.44. The van der Waals surface area contributed by atoms with Crippen molar-refractivity contribution in [2.75, 3.05) is 48.0 Å². The number of carbonyl (C=O) groups excluding carboxylic acids is 1. The molecule has 0 radical (unpaired) electrons. The summed E-state index contributed by atoms with van der Waals surface area (Å²) in [4.78, 5) is 40.2. The smallest absolute Gasteiger partial charge is 0.410 e. The minimum Gasteiger partial charge on any atom is -0.444 e. The van der Waals surface area contributed by atoms with Crippen LogP contribution >= 0.6 is 23.2 Å². The average Bonchev–Trinajstić information content (AvgIpc) is 2.83. The molecule has 0 spiro atoms. The first-order valence-electron chi connectivity index (χ1n) is 11.8. The Bertz CT molecular complexity index is 1450. The quantitative estimate of drug-likeness (QED) is 0.427. The summed E-state index contributed by atoms with van der Waals surface area (Å²) >= 11 is 12.6. The van der Waals surface area contributed by atoms with Gasteiger partial charge in [-0.3, -0.25) is 4.79 Å². The van der Waals surface area contributed by atoms with Crippen LogP contribution in [0.5, 0.6) is 0 Å². The molecule has 0 bridgehead atoms. The second-order valence-electron chi connectivity index (χ2n) is 9.76. The highest BCUT2D eigenvalue weighted by atomic mass is 35.5. The number of nitrogen functional groups attached to an aromatic ring is 2. The van der Waals surface area contributed by atoms with E-state index in [0.29, 0.717) is 0 Å². The van der Waals surface area contributed by atoms with Crippen LogP contribution in [0.1, 0.15) is 39.6 Å². The summed E-state index contributed by atoms with van der Waals surface area (Å²) in [7, 11) is 0. The topological polar surface area (TPSA) is 158 Å². The van der Waals surface area contributed by atoms with Crippen LogP contribution < -0.4 is 27.4 Å². The van der Waals surface area contributed by atoms with Crippen molar-refractivity contribution in [3.8, 4) is 0 Å². The predicted molar refractivity (Wildman–Crippen MR) is 145 cm³/mol. The third kappa shape index (κ3) is 5.48. The molecule has 1 saturated heterocycles. The van der Waals surface area contributed by atoms with Gasteiger partial charge in [0.2, 0.25) is 5.95 Å². The van der Waals surface area contributed by atoms with Crippen LogP contribution in [0, 0.1) is 5.82 Å². The monoisotopic (exact) mass is 567 g/mol. The number of nitrogens with two attached hydrogens (primary N) is 2. The number of amides is 1. The molecule has 3 aromatic rings. The first-order valence-corrected chi connectivity index (χ1v) is 12.5. The van der Waals surface area contributed by atoms with E-state index < -0.39 is 29.1 Å². The molecule has 1 aliphatic rings. The standard InChI is InChI=1S/C23H28Cl2FN9O3/c1-11(29-18-15(25)17(27)31-21(28)32-18)19-30-16-13(26)6-5-12(24)14(16)20(36)35(19)34-9-7-33(8-10-34)22(37)38-23(2,3)4/h5-6,11H,7-10H2,1-4H3,(H5,27,28,29,31,32). The number of aromatic nitrogens is 4. The van der Waals surface area contributed by atoms with Crippen molar-refractivity contribution in [2.45, 2.75) is 39.3 Å². The van der Waals surface area contributed by atoms with Gasteiger partial charge in [0.05, 0.1) is 29.5 Å². The Morgan fingerprint density at radius 3 is 2.42 bits per heavy atom. The van der Waals surface area contributed by atoms with Crippen LogP contribution in [0.15, 0.2) is 16.9 Å².